The SMILES string of the molecule is CCN(C)Cc1cccc(CNC(=O)N(C)CC(C)(C)O)c1. The highest BCUT2D eigenvalue weighted by molar-refractivity contribution is 5.73. The van der Waals surface area contributed by atoms with Gasteiger partial charge in [0.25, 0.3) is 0 Å². The van der Waals surface area contributed by atoms with Crippen molar-refractivity contribution in [1.82, 2.24) is 15.1 Å². The first-order valence-electron chi connectivity index (χ1n) is 7.69. The van der Waals surface area contributed by atoms with Gasteiger partial charge >= 0.3 is 6.03 Å². The largest absolute Gasteiger partial charge is 0.389 e. The molecule has 0 fully saturated rings. The molecule has 22 heavy (non-hydrogen) atoms. The fraction of sp³-hybridized carbons (Fsp3) is 0.588. The van der Waals surface area contributed by atoms with Crippen molar-refractivity contribution in [3.8, 4) is 0 Å². The number of rotatable bonds is 7. The number of hydrogen-bond acceptors (Lipinski definition) is 3. The van der Waals surface area contributed by atoms with Gasteiger partial charge in [-0.1, -0.05) is 31.2 Å². The fourth-order valence-corrected chi connectivity index (χ4v) is 2.23. The molecule has 0 aliphatic carbocycles. The Labute approximate surface area is 133 Å². The van der Waals surface area contributed by atoms with Gasteiger partial charge in [-0.25, -0.2) is 4.79 Å². The maximum atomic E-state index is 12.0. The maximum absolute atomic E-state index is 12.0. The van der Waals surface area contributed by atoms with Crippen molar-refractivity contribution in [3.63, 3.8) is 0 Å². The van der Waals surface area contributed by atoms with E-state index in [4.69, 9.17) is 0 Å². The van der Waals surface area contributed by atoms with Crippen molar-refractivity contribution < 1.29 is 9.90 Å². The first kappa shape index (κ1) is 18.5. The standard InChI is InChI=1S/C17H29N3O2/c1-6-19(4)12-15-9-7-8-14(10-15)11-18-16(21)20(5)13-17(2,3)22/h7-10,22H,6,11-13H2,1-5H3,(H,18,21). The lowest BCUT2D eigenvalue weighted by atomic mass is 10.1. The van der Waals surface area contributed by atoms with Gasteiger partial charge in [0.05, 0.1) is 12.1 Å². The number of carbonyl (C=O) groups excluding carboxylic acids is 1. The molecule has 1 rings (SSSR count). The number of nitrogens with one attached hydrogen (secondary N) is 1. The average Bonchev–Trinajstić information content (AvgIpc) is 2.43. The molecule has 0 saturated carbocycles. The Bertz CT molecular complexity index is 483. The van der Waals surface area contributed by atoms with Crippen LogP contribution in [0.3, 0.4) is 0 Å². The zero-order chi connectivity index (χ0) is 16.8. The number of likely N-dealkylation sites (N-methyl/N-ethyl adjacent to an activating group) is 1. The molecule has 0 unspecified atom stereocenters. The van der Waals surface area contributed by atoms with E-state index in [9.17, 15) is 9.90 Å². The second-order valence-electron chi connectivity index (χ2n) is 6.48. The van der Waals surface area contributed by atoms with Gasteiger partial charge in [0.15, 0.2) is 0 Å². The summed E-state index contributed by atoms with van der Waals surface area (Å²) in [6.45, 7) is 8.18. The quantitative estimate of drug-likeness (QED) is 0.810. The van der Waals surface area contributed by atoms with Crippen LogP contribution in [0.4, 0.5) is 4.79 Å². The molecular formula is C17H29N3O2. The van der Waals surface area contributed by atoms with E-state index in [2.05, 4.69) is 36.3 Å². The summed E-state index contributed by atoms with van der Waals surface area (Å²) in [5.74, 6) is 0. The van der Waals surface area contributed by atoms with Crippen LogP contribution < -0.4 is 5.32 Å². The Kier molecular flexibility index (Phi) is 6.84. The number of nitrogens with zero attached hydrogens (tertiary/aromatic N) is 2. The summed E-state index contributed by atoms with van der Waals surface area (Å²) in [5.41, 5.74) is 1.42. The third kappa shape index (κ3) is 6.91. The second-order valence-corrected chi connectivity index (χ2v) is 6.48. The van der Waals surface area contributed by atoms with Gasteiger partial charge in [-0.3, -0.25) is 0 Å². The second kappa shape index (κ2) is 8.15. The summed E-state index contributed by atoms with van der Waals surface area (Å²) in [4.78, 5) is 15.7. The van der Waals surface area contributed by atoms with Crippen LogP contribution >= 0.6 is 0 Å². The molecule has 0 aliphatic rings. The average molecular weight is 307 g/mol. The third-order valence-electron chi connectivity index (χ3n) is 3.40. The summed E-state index contributed by atoms with van der Waals surface area (Å²) in [6.07, 6.45) is 0. The number of urea groups is 1. The van der Waals surface area contributed by atoms with E-state index in [1.165, 1.54) is 10.5 Å². The lowest BCUT2D eigenvalue weighted by Gasteiger charge is -2.25. The van der Waals surface area contributed by atoms with Crippen LogP contribution in [0.5, 0.6) is 0 Å². The molecule has 0 heterocycles. The van der Waals surface area contributed by atoms with Crippen LogP contribution in [0.2, 0.25) is 0 Å². The molecule has 1 aromatic rings. The van der Waals surface area contributed by atoms with Crippen LogP contribution in [-0.2, 0) is 13.1 Å². The van der Waals surface area contributed by atoms with E-state index in [0.717, 1.165) is 18.7 Å². The van der Waals surface area contributed by atoms with E-state index < -0.39 is 5.60 Å². The Morgan fingerprint density at radius 2 is 1.91 bits per heavy atom. The molecule has 0 aromatic heterocycles. The number of aliphatic hydroxyl groups is 1. The van der Waals surface area contributed by atoms with Crippen molar-refractivity contribution in [3.05, 3.63) is 35.4 Å². The molecule has 2 amide bonds. The molecule has 5 nitrogen and oxygen atoms in total. The Morgan fingerprint density at radius 1 is 1.27 bits per heavy atom. The number of amides is 2. The lowest BCUT2D eigenvalue weighted by Crippen LogP contribution is -2.44. The van der Waals surface area contributed by atoms with Gasteiger partial charge in [-0.05, 0) is 38.6 Å². The van der Waals surface area contributed by atoms with Gasteiger partial charge in [0, 0.05) is 20.1 Å². The minimum absolute atomic E-state index is 0.182. The number of benzene rings is 1. The number of hydrogen-bond donors (Lipinski definition) is 2. The van der Waals surface area contributed by atoms with Crippen molar-refractivity contribution in [2.45, 2.75) is 39.5 Å². The predicted molar refractivity (Wildman–Crippen MR) is 89.6 cm³/mol. The summed E-state index contributed by atoms with van der Waals surface area (Å²) in [7, 11) is 3.76. The van der Waals surface area contributed by atoms with E-state index in [-0.39, 0.29) is 6.03 Å². The van der Waals surface area contributed by atoms with Crippen LogP contribution in [0.1, 0.15) is 31.9 Å². The van der Waals surface area contributed by atoms with Crippen LogP contribution in [0.15, 0.2) is 24.3 Å². The summed E-state index contributed by atoms with van der Waals surface area (Å²) in [5, 5.41) is 12.6. The van der Waals surface area contributed by atoms with Crippen molar-refractivity contribution in [2.75, 3.05) is 27.2 Å². The Balaban J connectivity index is 2.54. The van der Waals surface area contributed by atoms with E-state index in [1.54, 1.807) is 20.9 Å². The zero-order valence-corrected chi connectivity index (χ0v) is 14.4. The van der Waals surface area contributed by atoms with Crippen LogP contribution in [0, 0.1) is 0 Å². The third-order valence-corrected chi connectivity index (χ3v) is 3.40. The molecule has 1 aromatic carbocycles. The van der Waals surface area contributed by atoms with E-state index in [1.807, 2.05) is 12.1 Å². The zero-order valence-electron chi connectivity index (χ0n) is 14.4. The normalized spacial score (nSPS) is 11.6. The summed E-state index contributed by atoms with van der Waals surface area (Å²) >= 11 is 0. The summed E-state index contributed by atoms with van der Waals surface area (Å²) in [6, 6.07) is 8.05. The molecule has 0 atom stereocenters. The van der Waals surface area contributed by atoms with Gasteiger partial charge in [-0.2, -0.15) is 0 Å². The monoisotopic (exact) mass is 307 g/mol. The topological polar surface area (TPSA) is 55.8 Å². The molecule has 0 spiro atoms. The van der Waals surface area contributed by atoms with Gasteiger partial charge in [0.2, 0.25) is 0 Å². The maximum Gasteiger partial charge on any atom is 0.317 e. The fourth-order valence-electron chi connectivity index (χ4n) is 2.23. The molecule has 0 radical (unpaired) electrons. The molecule has 0 aliphatic heterocycles. The van der Waals surface area contributed by atoms with E-state index >= 15 is 0 Å². The minimum atomic E-state index is -0.892. The highest BCUT2D eigenvalue weighted by Crippen LogP contribution is 2.08. The molecule has 5 heteroatoms. The molecule has 2 N–H and O–H groups in total. The highest BCUT2D eigenvalue weighted by Gasteiger charge is 2.18. The van der Waals surface area contributed by atoms with Crippen molar-refractivity contribution in [1.29, 1.82) is 0 Å². The van der Waals surface area contributed by atoms with E-state index in [0.29, 0.717) is 13.1 Å². The smallest absolute Gasteiger partial charge is 0.317 e. The molecule has 0 bridgehead atoms. The van der Waals surface area contributed by atoms with Gasteiger partial charge in [-0.15, -0.1) is 0 Å². The van der Waals surface area contributed by atoms with Crippen LogP contribution in [-0.4, -0.2) is 53.7 Å². The Morgan fingerprint density at radius 3 is 2.50 bits per heavy atom. The minimum Gasteiger partial charge on any atom is -0.389 e. The number of carbonyl (C=O) groups is 1. The molecular weight excluding hydrogens is 278 g/mol. The van der Waals surface area contributed by atoms with Crippen molar-refractivity contribution >= 4 is 6.03 Å². The summed E-state index contributed by atoms with van der Waals surface area (Å²) < 4.78 is 0. The molecule has 0 saturated heterocycles. The first-order chi connectivity index (χ1) is 10.2. The molecule has 124 valence electrons. The highest BCUT2D eigenvalue weighted by atomic mass is 16.3. The van der Waals surface area contributed by atoms with Crippen molar-refractivity contribution in [2.24, 2.45) is 0 Å². The van der Waals surface area contributed by atoms with Gasteiger partial charge in [0.1, 0.15) is 0 Å². The Hall–Kier alpha value is -1.59. The van der Waals surface area contributed by atoms with Gasteiger partial charge < -0.3 is 20.2 Å². The predicted octanol–water partition coefficient (Wildman–Crippen LogP) is 2.05. The first-order valence-corrected chi connectivity index (χ1v) is 7.69. The van der Waals surface area contributed by atoms with Crippen LogP contribution in [0.25, 0.3) is 0 Å². The lowest BCUT2D eigenvalue weighted by molar-refractivity contribution is 0.0531.